The fourth-order valence-corrected chi connectivity index (χ4v) is 6.15. The van der Waals surface area contributed by atoms with E-state index in [0.717, 1.165) is 12.8 Å². The van der Waals surface area contributed by atoms with E-state index in [0.29, 0.717) is 28.4 Å². The molecule has 0 bridgehead atoms. The van der Waals surface area contributed by atoms with Crippen molar-refractivity contribution in [2.75, 3.05) is 30.0 Å². The minimum atomic E-state index is -2.35. The number of ether oxygens (including phenoxy) is 2. The van der Waals surface area contributed by atoms with E-state index in [4.69, 9.17) is 21.1 Å². The summed E-state index contributed by atoms with van der Waals surface area (Å²) in [7, 11) is -2.35. The van der Waals surface area contributed by atoms with Crippen molar-refractivity contribution in [3.63, 3.8) is 0 Å². The van der Waals surface area contributed by atoms with E-state index in [2.05, 4.69) is 24.6 Å². The Labute approximate surface area is 194 Å². The molecule has 0 amide bonds. The average Bonchev–Trinajstić information content (AvgIpc) is 3.38. The number of pyridine rings is 1. The Morgan fingerprint density at radius 3 is 2.82 bits per heavy atom. The van der Waals surface area contributed by atoms with E-state index in [-0.39, 0.29) is 35.5 Å². The predicted octanol–water partition coefficient (Wildman–Crippen LogP) is 3.59. The largest absolute Gasteiger partial charge is 0.468 e. The number of nitrogens with zero attached hydrogens (tertiary/aromatic N) is 4. The summed E-state index contributed by atoms with van der Waals surface area (Å²) in [6.07, 6.45) is 1.60. The maximum absolute atomic E-state index is 15.2. The highest BCUT2D eigenvalue weighted by Crippen LogP contribution is 2.34. The first-order valence-electron chi connectivity index (χ1n) is 10.4. The molecular weight excluding hydrogens is 473 g/mol. The Morgan fingerprint density at radius 1 is 1.24 bits per heavy atom. The van der Waals surface area contributed by atoms with E-state index in [1.165, 1.54) is 12.4 Å². The fraction of sp³-hybridized carbons (Fsp3) is 0.381. The van der Waals surface area contributed by atoms with Crippen molar-refractivity contribution in [1.29, 1.82) is 0 Å². The first kappa shape index (κ1) is 22.2. The van der Waals surface area contributed by atoms with Crippen molar-refractivity contribution in [2.24, 2.45) is 4.36 Å². The van der Waals surface area contributed by atoms with Gasteiger partial charge in [-0.1, -0.05) is 11.6 Å². The molecule has 2 atom stereocenters. The molecule has 2 N–H and O–H groups in total. The van der Waals surface area contributed by atoms with Gasteiger partial charge in [-0.3, -0.25) is 0 Å². The van der Waals surface area contributed by atoms with Gasteiger partial charge in [-0.25, -0.2) is 18.6 Å². The van der Waals surface area contributed by atoms with Gasteiger partial charge in [0, 0.05) is 17.6 Å². The van der Waals surface area contributed by atoms with E-state index in [9.17, 15) is 9.32 Å². The Kier molecular flexibility index (Phi) is 6.04. The SMILES string of the molecule is O=S1(=Nc2cc(F)c3c(Nc4ccc(Cl)nc4O[C@H]4COC[C@@H]4O)ncnc3c2)CCCC1. The van der Waals surface area contributed by atoms with Gasteiger partial charge in [0.15, 0.2) is 6.10 Å². The molecule has 12 heteroatoms. The lowest BCUT2D eigenvalue weighted by Gasteiger charge is -2.18. The van der Waals surface area contributed by atoms with Crippen LogP contribution >= 0.6 is 11.6 Å². The van der Waals surface area contributed by atoms with Gasteiger partial charge in [0.1, 0.15) is 34.9 Å². The van der Waals surface area contributed by atoms with E-state index < -0.39 is 27.8 Å². The zero-order valence-corrected chi connectivity index (χ0v) is 19.0. The maximum atomic E-state index is 15.2. The van der Waals surface area contributed by atoms with E-state index in [1.54, 1.807) is 18.2 Å². The lowest BCUT2D eigenvalue weighted by Crippen LogP contribution is -2.30. The first-order valence-corrected chi connectivity index (χ1v) is 12.7. The highest BCUT2D eigenvalue weighted by molar-refractivity contribution is 7.93. The second-order valence-electron chi connectivity index (χ2n) is 7.90. The van der Waals surface area contributed by atoms with Crippen LogP contribution in [-0.2, 0) is 14.5 Å². The van der Waals surface area contributed by atoms with Gasteiger partial charge in [-0.15, -0.1) is 0 Å². The molecule has 0 spiro atoms. The molecule has 5 rings (SSSR count). The molecule has 2 aliphatic heterocycles. The van der Waals surface area contributed by atoms with Gasteiger partial charge in [-0.05, 0) is 31.0 Å². The van der Waals surface area contributed by atoms with Gasteiger partial charge in [-0.2, -0.15) is 9.35 Å². The van der Waals surface area contributed by atoms with Crippen LogP contribution in [0.4, 0.5) is 21.6 Å². The summed E-state index contributed by atoms with van der Waals surface area (Å²) in [6, 6.07) is 6.01. The quantitative estimate of drug-likeness (QED) is 0.517. The lowest BCUT2D eigenvalue weighted by atomic mass is 10.2. The molecule has 174 valence electrons. The molecule has 9 nitrogen and oxygen atoms in total. The Hall–Kier alpha value is -2.60. The number of halogens is 2. The Balaban J connectivity index is 1.50. The van der Waals surface area contributed by atoms with Crippen LogP contribution in [0.25, 0.3) is 10.9 Å². The molecule has 0 aliphatic carbocycles. The molecule has 33 heavy (non-hydrogen) atoms. The highest BCUT2D eigenvalue weighted by atomic mass is 35.5. The highest BCUT2D eigenvalue weighted by Gasteiger charge is 2.29. The molecule has 2 aliphatic rings. The van der Waals surface area contributed by atoms with Crippen molar-refractivity contribution in [3.05, 3.63) is 41.6 Å². The number of nitrogens with one attached hydrogen (secondary N) is 1. The first-order chi connectivity index (χ1) is 15.9. The van der Waals surface area contributed by atoms with Crippen LogP contribution in [0.15, 0.2) is 35.0 Å². The number of anilines is 2. The van der Waals surface area contributed by atoms with Crippen LogP contribution < -0.4 is 10.1 Å². The van der Waals surface area contributed by atoms with Gasteiger partial charge in [0.2, 0.25) is 5.88 Å². The molecule has 0 saturated carbocycles. The van der Waals surface area contributed by atoms with E-state index in [1.807, 2.05) is 0 Å². The van der Waals surface area contributed by atoms with Gasteiger partial charge in [0.25, 0.3) is 0 Å². The second-order valence-corrected chi connectivity index (χ2v) is 10.8. The topological polar surface area (TPSA) is 119 Å². The third kappa shape index (κ3) is 4.72. The molecule has 2 saturated heterocycles. The summed E-state index contributed by atoms with van der Waals surface area (Å²) in [5, 5.41) is 13.4. The van der Waals surface area contributed by atoms with Gasteiger partial charge >= 0.3 is 0 Å². The second kappa shape index (κ2) is 8.98. The lowest BCUT2D eigenvalue weighted by molar-refractivity contribution is 0.0709. The third-order valence-corrected chi connectivity index (χ3v) is 8.07. The molecule has 4 heterocycles. The molecular formula is C21H21ClFN5O4S. The van der Waals surface area contributed by atoms with Crippen molar-refractivity contribution < 1.29 is 23.2 Å². The number of aliphatic hydroxyl groups excluding tert-OH is 1. The van der Waals surface area contributed by atoms with Crippen LogP contribution in [0.3, 0.4) is 0 Å². The van der Waals surface area contributed by atoms with E-state index >= 15 is 4.39 Å². The van der Waals surface area contributed by atoms with Crippen molar-refractivity contribution in [1.82, 2.24) is 15.0 Å². The summed E-state index contributed by atoms with van der Waals surface area (Å²) in [4.78, 5) is 12.5. The Bertz CT molecular complexity index is 1320. The van der Waals surface area contributed by atoms with Crippen LogP contribution in [0.2, 0.25) is 5.15 Å². The van der Waals surface area contributed by atoms with Gasteiger partial charge in [0.05, 0.1) is 39.5 Å². The fourth-order valence-electron chi connectivity index (χ4n) is 3.83. The van der Waals surface area contributed by atoms with Crippen LogP contribution in [0.1, 0.15) is 12.8 Å². The monoisotopic (exact) mass is 493 g/mol. The smallest absolute Gasteiger partial charge is 0.239 e. The summed E-state index contributed by atoms with van der Waals surface area (Å²) in [5.74, 6) is 0.756. The number of rotatable bonds is 5. The standard InChI is InChI=1S/C21H21ClFN5O4S/c22-18-4-3-14(21(27-18)32-17-10-31-9-16(17)29)26-20-19-13(23)7-12(8-15(19)24-11-25-20)28-33(30)5-1-2-6-33/h3-4,7-8,11,16-17,29H,1-2,5-6,9-10H2,(H,24,25,26)/t16-,17-/m0/s1. The van der Waals surface area contributed by atoms with Gasteiger partial charge < -0.3 is 19.9 Å². The molecule has 1 aromatic carbocycles. The van der Waals surface area contributed by atoms with Crippen LogP contribution in [0, 0.1) is 5.82 Å². The summed E-state index contributed by atoms with van der Waals surface area (Å²) < 4.78 is 43.3. The van der Waals surface area contributed by atoms with Crippen LogP contribution in [-0.4, -0.2) is 61.2 Å². The Morgan fingerprint density at radius 2 is 2.06 bits per heavy atom. The summed E-state index contributed by atoms with van der Waals surface area (Å²) in [6.45, 7) is 0.366. The molecule has 0 unspecified atom stereocenters. The van der Waals surface area contributed by atoms with Crippen molar-refractivity contribution in [2.45, 2.75) is 25.0 Å². The normalized spacial score (nSPS) is 21.9. The minimum Gasteiger partial charge on any atom is -0.468 e. The summed E-state index contributed by atoms with van der Waals surface area (Å²) in [5.41, 5.74) is 0.987. The van der Waals surface area contributed by atoms with Crippen molar-refractivity contribution >= 4 is 49.4 Å². The zero-order valence-electron chi connectivity index (χ0n) is 17.4. The number of benzene rings is 1. The maximum Gasteiger partial charge on any atom is 0.239 e. The van der Waals surface area contributed by atoms with Crippen molar-refractivity contribution in [3.8, 4) is 5.88 Å². The number of hydrogen-bond acceptors (Lipinski definition) is 9. The number of aromatic nitrogens is 3. The molecule has 2 aromatic heterocycles. The minimum absolute atomic E-state index is 0.119. The average molecular weight is 494 g/mol. The molecule has 3 aromatic rings. The zero-order chi connectivity index (χ0) is 23.0. The number of aliphatic hydroxyl groups is 1. The third-order valence-electron chi connectivity index (χ3n) is 5.47. The molecule has 0 radical (unpaired) electrons. The summed E-state index contributed by atoms with van der Waals surface area (Å²) >= 11 is 6.03. The molecule has 2 fully saturated rings. The predicted molar refractivity (Wildman–Crippen MR) is 122 cm³/mol. The van der Waals surface area contributed by atoms with Crippen LogP contribution in [0.5, 0.6) is 5.88 Å². The number of hydrogen-bond donors (Lipinski definition) is 2. The number of fused-ring (bicyclic) bond motifs is 1.